The van der Waals surface area contributed by atoms with Gasteiger partial charge in [-0.1, -0.05) is 38.1 Å². The largest absolute Gasteiger partial charge is 0.350 e. The van der Waals surface area contributed by atoms with Crippen LogP contribution in [0, 0.1) is 12.8 Å². The van der Waals surface area contributed by atoms with Crippen molar-refractivity contribution in [3.05, 3.63) is 35.4 Å². The van der Waals surface area contributed by atoms with E-state index in [4.69, 9.17) is 5.73 Å². The van der Waals surface area contributed by atoms with Gasteiger partial charge in [-0.2, -0.15) is 0 Å². The zero-order chi connectivity index (χ0) is 15.1. The molecule has 0 bridgehead atoms. The minimum atomic E-state index is -0.584. The summed E-state index contributed by atoms with van der Waals surface area (Å²) in [5.74, 6) is -0.478. The number of rotatable bonds is 6. The average molecular weight is 277 g/mol. The number of amides is 2. The Kier molecular flexibility index (Phi) is 6.18. The minimum absolute atomic E-state index is 0.0463. The third-order valence-corrected chi connectivity index (χ3v) is 3.18. The van der Waals surface area contributed by atoms with Crippen LogP contribution in [0.3, 0.4) is 0 Å². The topological polar surface area (TPSA) is 84.2 Å². The number of carbonyl (C=O) groups excluding carboxylic acids is 2. The van der Waals surface area contributed by atoms with E-state index in [-0.39, 0.29) is 24.3 Å². The van der Waals surface area contributed by atoms with E-state index < -0.39 is 6.04 Å². The van der Waals surface area contributed by atoms with Crippen molar-refractivity contribution >= 4 is 11.8 Å². The van der Waals surface area contributed by atoms with Crippen LogP contribution in [0.4, 0.5) is 0 Å². The van der Waals surface area contributed by atoms with Gasteiger partial charge < -0.3 is 16.4 Å². The first-order chi connectivity index (χ1) is 9.41. The Bertz CT molecular complexity index is 472. The molecule has 0 radical (unpaired) electrons. The maximum atomic E-state index is 11.7. The van der Waals surface area contributed by atoms with Crippen molar-refractivity contribution in [2.24, 2.45) is 11.7 Å². The van der Waals surface area contributed by atoms with Crippen molar-refractivity contribution in [3.63, 3.8) is 0 Å². The third kappa shape index (κ3) is 5.01. The summed E-state index contributed by atoms with van der Waals surface area (Å²) in [6.45, 7) is 6.12. The summed E-state index contributed by atoms with van der Waals surface area (Å²) in [7, 11) is 0. The lowest BCUT2D eigenvalue weighted by atomic mass is 10.1. The molecule has 5 heteroatoms. The van der Waals surface area contributed by atoms with Gasteiger partial charge in [0.2, 0.25) is 11.8 Å². The number of nitrogens with two attached hydrogens (primary N) is 1. The molecule has 0 saturated carbocycles. The lowest BCUT2D eigenvalue weighted by molar-refractivity contribution is -0.127. The van der Waals surface area contributed by atoms with Crippen LogP contribution in [0.15, 0.2) is 24.3 Å². The van der Waals surface area contributed by atoms with E-state index in [0.29, 0.717) is 6.54 Å². The Hall–Kier alpha value is -1.88. The van der Waals surface area contributed by atoms with Crippen molar-refractivity contribution in [1.82, 2.24) is 10.6 Å². The monoisotopic (exact) mass is 277 g/mol. The molecule has 0 saturated heterocycles. The molecule has 1 rings (SSSR count). The van der Waals surface area contributed by atoms with Gasteiger partial charge in [0.25, 0.3) is 0 Å². The normalized spacial score (nSPS) is 12.1. The zero-order valence-electron chi connectivity index (χ0n) is 12.3. The van der Waals surface area contributed by atoms with Crippen LogP contribution >= 0.6 is 0 Å². The van der Waals surface area contributed by atoms with Gasteiger partial charge in [0, 0.05) is 6.54 Å². The fourth-order valence-corrected chi connectivity index (χ4v) is 1.65. The van der Waals surface area contributed by atoms with Crippen molar-refractivity contribution in [1.29, 1.82) is 0 Å². The quantitative estimate of drug-likeness (QED) is 0.716. The fraction of sp³-hybridized carbons (Fsp3) is 0.467. The molecule has 5 nitrogen and oxygen atoms in total. The molecule has 0 spiro atoms. The van der Waals surface area contributed by atoms with Crippen LogP contribution in [-0.2, 0) is 16.1 Å². The van der Waals surface area contributed by atoms with E-state index in [1.165, 1.54) is 0 Å². The van der Waals surface area contributed by atoms with Gasteiger partial charge in [-0.3, -0.25) is 9.59 Å². The summed E-state index contributed by atoms with van der Waals surface area (Å²) in [6.07, 6.45) is 0. The molecule has 0 heterocycles. The van der Waals surface area contributed by atoms with Gasteiger partial charge in [-0.15, -0.1) is 0 Å². The van der Waals surface area contributed by atoms with Crippen molar-refractivity contribution < 1.29 is 9.59 Å². The van der Waals surface area contributed by atoms with Crippen LogP contribution in [0.25, 0.3) is 0 Å². The van der Waals surface area contributed by atoms with Gasteiger partial charge in [0.05, 0.1) is 12.6 Å². The number of hydrogen-bond donors (Lipinski definition) is 3. The van der Waals surface area contributed by atoms with E-state index in [9.17, 15) is 9.59 Å². The van der Waals surface area contributed by atoms with Gasteiger partial charge in [-0.25, -0.2) is 0 Å². The second kappa shape index (κ2) is 7.65. The summed E-state index contributed by atoms with van der Waals surface area (Å²) in [4.78, 5) is 23.3. The highest BCUT2D eigenvalue weighted by atomic mass is 16.2. The van der Waals surface area contributed by atoms with Crippen LogP contribution in [0.5, 0.6) is 0 Å². The van der Waals surface area contributed by atoms with Gasteiger partial charge in [0.1, 0.15) is 0 Å². The number of hydrogen-bond acceptors (Lipinski definition) is 3. The second-order valence-corrected chi connectivity index (χ2v) is 5.19. The van der Waals surface area contributed by atoms with E-state index in [1.54, 1.807) is 0 Å². The number of benzene rings is 1. The molecule has 2 amide bonds. The molecule has 0 aromatic heterocycles. The van der Waals surface area contributed by atoms with Gasteiger partial charge in [-0.05, 0) is 24.0 Å². The number of carbonyl (C=O) groups is 2. The van der Waals surface area contributed by atoms with Crippen molar-refractivity contribution in [2.75, 3.05) is 6.54 Å². The first-order valence-electron chi connectivity index (χ1n) is 6.76. The first kappa shape index (κ1) is 16.2. The molecule has 0 aliphatic rings. The maximum Gasteiger partial charge on any atom is 0.239 e. The summed E-state index contributed by atoms with van der Waals surface area (Å²) in [5.41, 5.74) is 7.87. The highest BCUT2D eigenvalue weighted by molar-refractivity contribution is 5.87. The molecule has 0 aliphatic heterocycles. The molecule has 110 valence electrons. The summed E-state index contributed by atoms with van der Waals surface area (Å²) >= 11 is 0. The Morgan fingerprint density at radius 3 is 2.45 bits per heavy atom. The maximum absolute atomic E-state index is 11.7. The first-order valence-corrected chi connectivity index (χ1v) is 6.76. The van der Waals surface area contributed by atoms with E-state index in [2.05, 4.69) is 10.6 Å². The molecule has 1 aromatic carbocycles. The summed E-state index contributed by atoms with van der Waals surface area (Å²) in [5, 5.41) is 5.31. The van der Waals surface area contributed by atoms with Crippen molar-refractivity contribution in [3.8, 4) is 0 Å². The van der Waals surface area contributed by atoms with Gasteiger partial charge in [0.15, 0.2) is 0 Å². The number of aryl methyl sites for hydroxylation is 1. The Labute approximate surface area is 119 Å². The zero-order valence-corrected chi connectivity index (χ0v) is 12.3. The summed E-state index contributed by atoms with van der Waals surface area (Å²) < 4.78 is 0. The molecule has 0 unspecified atom stereocenters. The average Bonchev–Trinajstić information content (AvgIpc) is 2.42. The fourth-order valence-electron chi connectivity index (χ4n) is 1.65. The molecule has 0 fully saturated rings. The third-order valence-electron chi connectivity index (χ3n) is 3.18. The highest BCUT2D eigenvalue weighted by Crippen LogP contribution is 2.05. The Morgan fingerprint density at radius 2 is 1.85 bits per heavy atom. The molecular formula is C15H23N3O2. The minimum Gasteiger partial charge on any atom is -0.350 e. The predicted molar refractivity (Wildman–Crippen MR) is 78.8 cm³/mol. The number of nitrogens with one attached hydrogen (secondary N) is 2. The molecule has 1 aromatic rings. The Morgan fingerprint density at radius 1 is 1.20 bits per heavy atom. The summed E-state index contributed by atoms with van der Waals surface area (Å²) in [6, 6.07) is 7.25. The SMILES string of the molecule is Cc1ccccc1CNC(=O)CNC(=O)[C@@H](N)C(C)C. The second-order valence-electron chi connectivity index (χ2n) is 5.19. The molecular weight excluding hydrogens is 254 g/mol. The van der Waals surface area contributed by atoms with Gasteiger partial charge >= 0.3 is 0 Å². The smallest absolute Gasteiger partial charge is 0.239 e. The standard InChI is InChI=1S/C15H23N3O2/c1-10(2)14(16)15(20)18-9-13(19)17-8-12-7-5-4-6-11(12)3/h4-7,10,14H,8-9,16H2,1-3H3,(H,17,19)(H,18,20)/t14-/m0/s1. The van der Waals surface area contributed by atoms with E-state index >= 15 is 0 Å². The van der Waals surface area contributed by atoms with Crippen LogP contribution in [0.2, 0.25) is 0 Å². The molecule has 4 N–H and O–H groups in total. The Balaban J connectivity index is 2.35. The highest BCUT2D eigenvalue weighted by Gasteiger charge is 2.17. The van der Waals surface area contributed by atoms with Crippen LogP contribution in [0.1, 0.15) is 25.0 Å². The van der Waals surface area contributed by atoms with Crippen molar-refractivity contribution in [2.45, 2.75) is 33.4 Å². The van der Waals surface area contributed by atoms with Crippen LogP contribution in [-0.4, -0.2) is 24.4 Å². The lowest BCUT2D eigenvalue weighted by Gasteiger charge is -2.15. The molecule has 1 atom stereocenters. The molecule has 0 aliphatic carbocycles. The van der Waals surface area contributed by atoms with E-state index in [0.717, 1.165) is 11.1 Å². The van der Waals surface area contributed by atoms with Crippen LogP contribution < -0.4 is 16.4 Å². The van der Waals surface area contributed by atoms with E-state index in [1.807, 2.05) is 45.0 Å². The lowest BCUT2D eigenvalue weighted by Crippen LogP contribution is -2.47. The molecule has 20 heavy (non-hydrogen) atoms. The predicted octanol–water partition coefficient (Wildman–Crippen LogP) is 0.711.